The van der Waals surface area contributed by atoms with Gasteiger partial charge < -0.3 is 13.9 Å². The molecule has 45 heavy (non-hydrogen) atoms. The van der Waals surface area contributed by atoms with Crippen LogP contribution in [0.2, 0.25) is 0 Å². The van der Waals surface area contributed by atoms with Gasteiger partial charge in [-0.3, -0.25) is 9.59 Å². The monoisotopic (exact) mass is 960 g/mol. The van der Waals surface area contributed by atoms with E-state index in [1.165, 1.54) is 5.56 Å². The summed E-state index contributed by atoms with van der Waals surface area (Å²) in [5.41, 5.74) is 11.2. The van der Waals surface area contributed by atoms with Crippen molar-refractivity contribution in [2.75, 3.05) is 0 Å². The Labute approximate surface area is 307 Å². The SMILES string of the molecule is Cc1ccc(-c2nc3ccc(C)cn3c2CC(=O)Cl)cc1.Cc1ccc(-c2nc3ccc(C)cn3c2CC(=O)O)cc1.I.II. The topological polar surface area (TPSA) is 89.0 Å². The zero-order valence-corrected chi connectivity index (χ0v) is 32.5. The summed E-state index contributed by atoms with van der Waals surface area (Å²) < 4.78 is 3.82. The number of rotatable bonds is 6. The normalized spacial score (nSPS) is 10.4. The number of carbonyl (C=O) groups is 2. The van der Waals surface area contributed by atoms with Crippen molar-refractivity contribution in [3.05, 3.63) is 119 Å². The fourth-order valence-corrected chi connectivity index (χ4v) is 5.02. The van der Waals surface area contributed by atoms with Crippen molar-refractivity contribution in [1.82, 2.24) is 18.8 Å². The number of pyridine rings is 2. The van der Waals surface area contributed by atoms with Crippen molar-refractivity contribution in [3.63, 3.8) is 0 Å². The standard InChI is InChI=1S/C17H15ClN2O.C17H16N2O2.I2.HI/c1-11-3-6-13(7-4-11)17-14(9-15(18)21)20-10-12(2)5-8-16(20)19-17;1-11-3-6-13(7-4-11)17-14(9-16(20)21)19-10-12(2)5-8-15(19)18-17;1-2;/h3-8,10H,9H2,1-2H3;3-8,10H,9H2,1-2H3,(H,20,21);;1H. The van der Waals surface area contributed by atoms with Crippen molar-refractivity contribution in [3.8, 4) is 22.5 Å². The van der Waals surface area contributed by atoms with Gasteiger partial charge in [0.05, 0.1) is 35.6 Å². The van der Waals surface area contributed by atoms with Crippen molar-refractivity contribution in [1.29, 1.82) is 0 Å². The highest BCUT2D eigenvalue weighted by molar-refractivity contribution is 15.0. The van der Waals surface area contributed by atoms with Gasteiger partial charge in [0.2, 0.25) is 5.24 Å². The molecular weight excluding hydrogens is 929 g/mol. The van der Waals surface area contributed by atoms with Gasteiger partial charge in [0.15, 0.2) is 0 Å². The van der Waals surface area contributed by atoms with E-state index in [-0.39, 0.29) is 42.1 Å². The molecule has 7 nitrogen and oxygen atoms in total. The van der Waals surface area contributed by atoms with Crippen molar-refractivity contribution in [2.24, 2.45) is 0 Å². The number of carboxylic acids is 1. The van der Waals surface area contributed by atoms with Gasteiger partial charge in [0.25, 0.3) is 0 Å². The van der Waals surface area contributed by atoms with E-state index in [9.17, 15) is 14.7 Å². The highest BCUT2D eigenvalue weighted by Gasteiger charge is 2.17. The molecule has 1 N–H and O–H groups in total. The summed E-state index contributed by atoms with van der Waals surface area (Å²) in [5.74, 6) is -0.855. The first kappa shape index (κ1) is 36.9. The smallest absolute Gasteiger partial charge is 0.309 e. The molecule has 0 atom stereocenters. The number of hydrogen-bond donors (Lipinski definition) is 1. The minimum atomic E-state index is -0.855. The lowest BCUT2D eigenvalue weighted by molar-refractivity contribution is -0.136. The molecule has 0 unspecified atom stereocenters. The molecule has 0 aliphatic rings. The summed E-state index contributed by atoms with van der Waals surface area (Å²) in [5, 5.41) is 8.81. The van der Waals surface area contributed by atoms with Crippen LogP contribution in [0.15, 0.2) is 85.2 Å². The predicted octanol–water partition coefficient (Wildman–Crippen LogP) is 9.56. The average molecular weight is 961 g/mol. The number of carboxylic acid groups (broad SMARTS) is 1. The molecule has 2 aromatic carbocycles. The van der Waals surface area contributed by atoms with Crippen molar-refractivity contribution < 1.29 is 14.7 Å². The molecule has 11 heteroatoms. The molecule has 0 bridgehead atoms. The lowest BCUT2D eigenvalue weighted by atomic mass is 10.1. The van der Waals surface area contributed by atoms with Crippen LogP contribution in [0, 0.1) is 27.7 Å². The predicted molar refractivity (Wildman–Crippen MR) is 210 cm³/mol. The third-order valence-corrected chi connectivity index (χ3v) is 7.14. The van der Waals surface area contributed by atoms with Gasteiger partial charge in [0, 0.05) is 60.8 Å². The number of carbonyl (C=O) groups excluding carboxylic acids is 1. The van der Waals surface area contributed by atoms with Crippen LogP contribution in [0.3, 0.4) is 0 Å². The van der Waals surface area contributed by atoms with E-state index in [4.69, 9.17) is 11.6 Å². The zero-order chi connectivity index (χ0) is 32.0. The summed E-state index contributed by atoms with van der Waals surface area (Å²) in [6.07, 6.45) is 4.02. The molecule has 0 saturated carbocycles. The van der Waals surface area contributed by atoms with Crippen LogP contribution >= 0.6 is 72.8 Å². The second-order valence-corrected chi connectivity index (χ2v) is 10.9. The van der Waals surface area contributed by atoms with E-state index in [2.05, 4.69) is 47.2 Å². The number of aliphatic carboxylic acids is 1. The fourth-order valence-electron chi connectivity index (χ4n) is 4.90. The number of hydrogen-bond acceptors (Lipinski definition) is 4. The first-order valence-electron chi connectivity index (χ1n) is 13.7. The number of aromatic nitrogens is 4. The van der Waals surface area contributed by atoms with Crippen LogP contribution in [-0.4, -0.2) is 35.1 Å². The van der Waals surface area contributed by atoms with Crippen LogP contribution in [0.5, 0.6) is 0 Å². The first-order valence-corrected chi connectivity index (χ1v) is 20.4. The summed E-state index contributed by atoms with van der Waals surface area (Å²) in [4.78, 5) is 31.9. The van der Waals surface area contributed by atoms with Crippen LogP contribution < -0.4 is 0 Å². The second kappa shape index (κ2) is 16.8. The molecule has 4 aromatic heterocycles. The molecule has 0 aliphatic carbocycles. The Morgan fingerprint density at radius 1 is 0.644 bits per heavy atom. The van der Waals surface area contributed by atoms with E-state index >= 15 is 0 Å². The lowest BCUT2D eigenvalue weighted by Gasteiger charge is -2.04. The number of benzene rings is 2. The Hall–Kier alpha value is -2.56. The highest BCUT2D eigenvalue weighted by atomic mass is 128. The van der Waals surface area contributed by atoms with Gasteiger partial charge in [-0.15, -0.1) is 24.0 Å². The minimum Gasteiger partial charge on any atom is -0.481 e. The maximum atomic E-state index is 11.4. The van der Waals surface area contributed by atoms with Gasteiger partial charge >= 0.3 is 5.97 Å². The van der Waals surface area contributed by atoms with E-state index in [0.717, 1.165) is 56.2 Å². The summed E-state index contributed by atoms with van der Waals surface area (Å²) in [7, 11) is 0. The molecular formula is C34H32ClI3N4O3. The maximum absolute atomic E-state index is 11.4. The Bertz CT molecular complexity index is 1790. The number of imidazole rings is 2. The quantitative estimate of drug-likeness (QED) is 0.133. The molecule has 4 heterocycles. The fraction of sp³-hybridized carbons (Fsp3) is 0.176. The molecule has 0 aliphatic heterocycles. The third-order valence-electron chi connectivity index (χ3n) is 7.01. The average Bonchev–Trinajstić information content (AvgIpc) is 3.52. The lowest BCUT2D eigenvalue weighted by Crippen LogP contribution is -2.05. The number of halogens is 4. The van der Waals surface area contributed by atoms with E-state index in [1.807, 2.05) is 122 Å². The Morgan fingerprint density at radius 3 is 1.36 bits per heavy atom. The zero-order valence-electron chi connectivity index (χ0n) is 25.1. The minimum absolute atomic E-state index is 0. The van der Waals surface area contributed by atoms with Gasteiger partial charge in [-0.25, -0.2) is 9.97 Å². The van der Waals surface area contributed by atoms with Crippen LogP contribution in [0.25, 0.3) is 33.8 Å². The Morgan fingerprint density at radius 2 is 1.00 bits per heavy atom. The van der Waals surface area contributed by atoms with E-state index in [1.54, 1.807) is 0 Å². The number of nitrogens with zero attached hydrogens (tertiary/aromatic N) is 4. The molecule has 0 spiro atoms. The maximum Gasteiger partial charge on any atom is 0.309 e. The van der Waals surface area contributed by atoms with Crippen molar-refractivity contribution >= 4 is 95.3 Å². The highest BCUT2D eigenvalue weighted by Crippen LogP contribution is 2.27. The summed E-state index contributed by atoms with van der Waals surface area (Å²) in [6, 6.07) is 24.0. The largest absolute Gasteiger partial charge is 0.481 e. The Kier molecular flexibility index (Phi) is 13.8. The van der Waals surface area contributed by atoms with E-state index < -0.39 is 5.97 Å². The molecule has 6 rings (SSSR count). The molecule has 0 saturated heterocycles. The van der Waals surface area contributed by atoms with E-state index in [0.29, 0.717) is 5.69 Å². The number of aryl methyl sites for hydroxylation is 4. The molecule has 234 valence electrons. The van der Waals surface area contributed by atoms with Crippen LogP contribution in [-0.2, 0) is 22.4 Å². The Balaban J connectivity index is 0.000000228. The second-order valence-electron chi connectivity index (χ2n) is 10.5. The van der Waals surface area contributed by atoms with Crippen molar-refractivity contribution in [2.45, 2.75) is 40.5 Å². The van der Waals surface area contributed by atoms with Gasteiger partial charge in [-0.05, 0) is 62.6 Å². The molecule has 6 aromatic rings. The van der Waals surface area contributed by atoms with Gasteiger partial charge in [0.1, 0.15) is 11.3 Å². The third kappa shape index (κ3) is 9.26. The van der Waals surface area contributed by atoms with Gasteiger partial charge in [-0.1, -0.05) is 71.8 Å². The first-order chi connectivity index (χ1) is 21.1. The molecule has 0 amide bonds. The molecule has 0 fully saturated rings. The van der Waals surface area contributed by atoms with Crippen LogP contribution in [0.4, 0.5) is 0 Å². The molecule has 0 radical (unpaired) electrons. The number of fused-ring (bicyclic) bond motifs is 2. The van der Waals surface area contributed by atoms with Crippen LogP contribution in [0.1, 0.15) is 33.6 Å². The van der Waals surface area contributed by atoms with Gasteiger partial charge in [-0.2, -0.15) is 0 Å². The summed E-state index contributed by atoms with van der Waals surface area (Å²) in [6.45, 7) is 8.06. The summed E-state index contributed by atoms with van der Waals surface area (Å²) >= 11 is 9.85.